The average Bonchev–Trinajstić information content (AvgIpc) is 2.99. The number of hydrogen-bond donors (Lipinski definition) is 3. The fourth-order valence-corrected chi connectivity index (χ4v) is 5.04. The highest BCUT2D eigenvalue weighted by atomic mass is 32.2. The third-order valence-electron chi connectivity index (χ3n) is 2.95. The Morgan fingerprint density at radius 1 is 1.50 bits per heavy atom. The van der Waals surface area contributed by atoms with Crippen LogP contribution in [-0.2, 0) is 16.6 Å². The number of aryl methyl sites for hydroxylation is 1. The summed E-state index contributed by atoms with van der Waals surface area (Å²) in [7, 11) is -1.75. The molecule has 2 rings (SSSR count). The minimum Gasteiger partial charge on any atom is -0.315 e. The van der Waals surface area contributed by atoms with Crippen LogP contribution < -0.4 is 10.0 Å². The highest BCUT2D eigenvalue weighted by molar-refractivity contribution is 7.89. The average molecular weight is 314 g/mol. The molecule has 3 N–H and O–H groups in total. The predicted molar refractivity (Wildman–Crippen MR) is 79.1 cm³/mol. The monoisotopic (exact) mass is 314 g/mol. The molecule has 110 valence electrons. The number of nitrogens with one attached hydrogen (secondary N) is 3. The molecule has 0 radical (unpaired) electrons. The van der Waals surface area contributed by atoms with Crippen molar-refractivity contribution in [3.8, 4) is 0 Å². The van der Waals surface area contributed by atoms with Gasteiger partial charge in [-0.05, 0) is 31.8 Å². The van der Waals surface area contributed by atoms with Gasteiger partial charge in [0.1, 0.15) is 4.90 Å². The number of hydrogen-bond acceptors (Lipinski definition) is 5. The lowest BCUT2D eigenvalue weighted by molar-refractivity contribution is 0.565. The summed E-state index contributed by atoms with van der Waals surface area (Å²) >= 11 is 1.45. The van der Waals surface area contributed by atoms with E-state index in [9.17, 15) is 8.42 Å². The number of rotatable bonds is 6. The molecule has 6 nitrogen and oxygen atoms in total. The van der Waals surface area contributed by atoms with Gasteiger partial charge >= 0.3 is 0 Å². The largest absolute Gasteiger partial charge is 0.315 e. The van der Waals surface area contributed by atoms with Crippen molar-refractivity contribution in [1.29, 1.82) is 0 Å². The van der Waals surface area contributed by atoms with Gasteiger partial charge in [0.2, 0.25) is 10.0 Å². The molecule has 0 saturated carbocycles. The summed E-state index contributed by atoms with van der Waals surface area (Å²) < 4.78 is 27.8. The summed E-state index contributed by atoms with van der Waals surface area (Å²) in [5, 5.41) is 11.4. The van der Waals surface area contributed by atoms with Crippen LogP contribution in [0.4, 0.5) is 0 Å². The number of nitrogens with zero attached hydrogens (tertiary/aromatic N) is 1. The first-order chi connectivity index (χ1) is 9.45. The maximum Gasteiger partial charge on any atom is 0.242 e. The fraction of sp³-hybridized carbons (Fsp3) is 0.417. The molecule has 0 aliphatic carbocycles. The first-order valence-electron chi connectivity index (χ1n) is 6.18. The Kier molecular flexibility index (Phi) is 4.59. The standard InChI is InChI=1S/C12H18N4O2S2/c1-8-7-19-11(6-13-3)12(8)20(17,18)16-9(2)10-4-14-15-5-10/h4-5,7,9,13,16H,6H2,1-3H3,(H,14,15). The molecule has 0 aromatic carbocycles. The number of thiophene rings is 1. The van der Waals surface area contributed by atoms with Crippen LogP contribution in [0.25, 0.3) is 0 Å². The van der Waals surface area contributed by atoms with Crippen molar-refractivity contribution in [2.75, 3.05) is 7.05 Å². The predicted octanol–water partition coefficient (Wildman–Crippen LogP) is 1.54. The van der Waals surface area contributed by atoms with Crippen LogP contribution in [0.2, 0.25) is 0 Å². The minimum atomic E-state index is -3.55. The van der Waals surface area contributed by atoms with Crippen molar-refractivity contribution < 1.29 is 8.42 Å². The molecule has 8 heteroatoms. The Bertz CT molecular complexity index is 662. The molecular formula is C12H18N4O2S2. The minimum absolute atomic E-state index is 0.333. The van der Waals surface area contributed by atoms with Gasteiger partial charge in [-0.25, -0.2) is 13.1 Å². The smallest absolute Gasteiger partial charge is 0.242 e. The van der Waals surface area contributed by atoms with Crippen LogP contribution in [0.3, 0.4) is 0 Å². The van der Waals surface area contributed by atoms with E-state index in [2.05, 4.69) is 20.2 Å². The Hall–Kier alpha value is -1.22. The molecule has 0 saturated heterocycles. The van der Waals surface area contributed by atoms with E-state index in [-0.39, 0.29) is 6.04 Å². The van der Waals surface area contributed by atoms with Gasteiger partial charge in [-0.15, -0.1) is 11.3 Å². The SMILES string of the molecule is CNCc1scc(C)c1S(=O)(=O)NC(C)c1cn[nH]c1. The molecule has 0 aliphatic rings. The van der Waals surface area contributed by atoms with E-state index in [1.165, 1.54) is 11.3 Å². The summed E-state index contributed by atoms with van der Waals surface area (Å²) in [5.41, 5.74) is 1.57. The van der Waals surface area contributed by atoms with Crippen LogP contribution in [0.5, 0.6) is 0 Å². The molecule has 1 unspecified atom stereocenters. The quantitative estimate of drug-likeness (QED) is 0.755. The maximum atomic E-state index is 12.6. The zero-order valence-electron chi connectivity index (χ0n) is 11.6. The Balaban J connectivity index is 2.29. The molecule has 20 heavy (non-hydrogen) atoms. The van der Waals surface area contributed by atoms with Gasteiger partial charge in [0.05, 0.1) is 6.20 Å². The lowest BCUT2D eigenvalue weighted by atomic mass is 10.2. The van der Waals surface area contributed by atoms with Crippen molar-refractivity contribution in [1.82, 2.24) is 20.2 Å². The van der Waals surface area contributed by atoms with Crippen LogP contribution >= 0.6 is 11.3 Å². The third-order valence-corrected chi connectivity index (χ3v) is 5.95. The van der Waals surface area contributed by atoms with Crippen molar-refractivity contribution in [3.63, 3.8) is 0 Å². The van der Waals surface area contributed by atoms with Gasteiger partial charge in [-0.1, -0.05) is 0 Å². The zero-order valence-corrected chi connectivity index (χ0v) is 13.2. The number of H-pyrrole nitrogens is 1. The molecule has 0 amide bonds. The highest BCUT2D eigenvalue weighted by Crippen LogP contribution is 2.28. The Labute approximate surface area is 122 Å². The van der Waals surface area contributed by atoms with Crippen LogP contribution in [0, 0.1) is 6.92 Å². The first-order valence-corrected chi connectivity index (χ1v) is 8.54. The van der Waals surface area contributed by atoms with Crippen molar-refractivity contribution in [2.45, 2.75) is 31.3 Å². The molecular weight excluding hydrogens is 296 g/mol. The van der Waals surface area contributed by atoms with Crippen molar-refractivity contribution >= 4 is 21.4 Å². The number of aromatic nitrogens is 2. The van der Waals surface area contributed by atoms with Crippen LogP contribution in [-0.4, -0.2) is 25.7 Å². The van der Waals surface area contributed by atoms with Gasteiger partial charge in [0.25, 0.3) is 0 Å². The molecule has 2 heterocycles. The summed E-state index contributed by atoms with van der Waals surface area (Å²) in [6.07, 6.45) is 3.30. The first kappa shape index (κ1) is 15.2. The third kappa shape index (κ3) is 3.09. The Morgan fingerprint density at radius 3 is 2.85 bits per heavy atom. The van der Waals surface area contributed by atoms with E-state index < -0.39 is 10.0 Å². The fourth-order valence-electron chi connectivity index (χ4n) is 1.99. The molecule has 2 aromatic heterocycles. The van der Waals surface area contributed by atoms with Crippen molar-refractivity contribution in [2.24, 2.45) is 0 Å². The van der Waals surface area contributed by atoms with E-state index in [0.29, 0.717) is 11.4 Å². The Morgan fingerprint density at radius 2 is 2.25 bits per heavy atom. The van der Waals surface area contributed by atoms with Gasteiger partial charge < -0.3 is 5.32 Å². The van der Waals surface area contributed by atoms with E-state index in [0.717, 1.165) is 16.0 Å². The summed E-state index contributed by atoms with van der Waals surface area (Å²) in [5.74, 6) is 0. The van der Waals surface area contributed by atoms with E-state index in [1.54, 1.807) is 26.4 Å². The van der Waals surface area contributed by atoms with E-state index in [1.807, 2.05) is 12.3 Å². The van der Waals surface area contributed by atoms with E-state index in [4.69, 9.17) is 0 Å². The van der Waals surface area contributed by atoms with Gasteiger partial charge in [0, 0.05) is 29.2 Å². The van der Waals surface area contributed by atoms with Gasteiger partial charge in [-0.3, -0.25) is 5.10 Å². The molecule has 0 aliphatic heterocycles. The van der Waals surface area contributed by atoms with Gasteiger partial charge in [-0.2, -0.15) is 5.10 Å². The normalized spacial score (nSPS) is 13.6. The lowest BCUT2D eigenvalue weighted by Crippen LogP contribution is -2.28. The second-order valence-corrected chi connectivity index (χ2v) is 7.19. The maximum absolute atomic E-state index is 12.6. The highest BCUT2D eigenvalue weighted by Gasteiger charge is 2.25. The zero-order chi connectivity index (χ0) is 14.8. The topological polar surface area (TPSA) is 86.9 Å². The van der Waals surface area contributed by atoms with Crippen LogP contribution in [0.1, 0.15) is 29.0 Å². The number of sulfonamides is 1. The lowest BCUT2D eigenvalue weighted by Gasteiger charge is -2.14. The molecule has 0 spiro atoms. The second-order valence-electron chi connectivity index (χ2n) is 4.58. The summed E-state index contributed by atoms with van der Waals surface area (Å²) in [6.45, 7) is 4.14. The van der Waals surface area contributed by atoms with E-state index >= 15 is 0 Å². The molecule has 2 aromatic rings. The van der Waals surface area contributed by atoms with Crippen molar-refractivity contribution in [3.05, 3.63) is 33.8 Å². The molecule has 0 fully saturated rings. The molecule has 1 atom stereocenters. The van der Waals surface area contributed by atoms with Crippen LogP contribution in [0.15, 0.2) is 22.7 Å². The second kappa shape index (κ2) is 6.04. The summed E-state index contributed by atoms with van der Waals surface area (Å²) in [6, 6.07) is -0.333. The summed E-state index contributed by atoms with van der Waals surface area (Å²) in [4.78, 5) is 1.20. The molecule has 0 bridgehead atoms. The van der Waals surface area contributed by atoms with Gasteiger partial charge in [0.15, 0.2) is 0 Å². The number of aromatic amines is 1.